The highest BCUT2D eigenvalue weighted by molar-refractivity contribution is 7.89. The number of nitrogens with one attached hydrogen (secondary N) is 1. The molecule has 0 spiro atoms. The molecule has 1 N–H and O–H groups in total. The van der Waals surface area contributed by atoms with Crippen molar-refractivity contribution in [3.05, 3.63) is 59.3 Å². The average Bonchev–Trinajstić information content (AvgIpc) is 3.29. The highest BCUT2D eigenvalue weighted by Crippen LogP contribution is 2.48. The molecule has 7 nitrogen and oxygen atoms in total. The second-order valence-corrected chi connectivity index (χ2v) is 10.6. The summed E-state index contributed by atoms with van der Waals surface area (Å²) >= 11 is 0. The van der Waals surface area contributed by atoms with Gasteiger partial charge in [-0.3, -0.25) is 4.57 Å². The molecule has 1 aliphatic heterocycles. The number of para-hydroxylation sites is 1. The number of anilines is 1. The summed E-state index contributed by atoms with van der Waals surface area (Å²) in [6.45, 7) is 5.10. The third-order valence-electron chi connectivity index (χ3n) is 5.93. The maximum absolute atomic E-state index is 15.6. The van der Waals surface area contributed by atoms with E-state index in [0.29, 0.717) is 15.6 Å². The van der Waals surface area contributed by atoms with Crippen LogP contribution in [0.3, 0.4) is 0 Å². The molecule has 178 valence electrons. The Morgan fingerprint density at radius 3 is 2.47 bits per heavy atom. The number of benzene rings is 2. The van der Waals surface area contributed by atoms with Gasteiger partial charge in [0.25, 0.3) is 6.43 Å². The lowest BCUT2D eigenvalue weighted by molar-refractivity contribution is 0.151. The van der Waals surface area contributed by atoms with Crippen LogP contribution in [0.2, 0.25) is 0 Å². The lowest BCUT2D eigenvalue weighted by atomic mass is 9.92. The SMILES string of the molecule is Cc1nnc2n1-c1c(cc(F)c(-c3cn(S(C)(=O)=O)c4c(F)cccc34)c1C(F)F)NC2(C)C. The zero-order valence-corrected chi connectivity index (χ0v) is 19.3. The first-order chi connectivity index (χ1) is 15.8. The van der Waals surface area contributed by atoms with Gasteiger partial charge in [0.05, 0.1) is 34.2 Å². The molecule has 2 aromatic carbocycles. The zero-order chi connectivity index (χ0) is 24.7. The maximum atomic E-state index is 15.6. The average molecular weight is 493 g/mol. The Kier molecular flexibility index (Phi) is 4.64. The molecule has 5 rings (SSSR count). The fourth-order valence-corrected chi connectivity index (χ4v) is 5.39. The molecule has 0 fully saturated rings. The van der Waals surface area contributed by atoms with E-state index in [4.69, 9.17) is 0 Å². The summed E-state index contributed by atoms with van der Waals surface area (Å²) in [5, 5.41) is 11.1. The number of nitrogens with zero attached hydrogens (tertiary/aromatic N) is 4. The van der Waals surface area contributed by atoms with Gasteiger partial charge in [-0.1, -0.05) is 12.1 Å². The normalized spacial score (nSPS) is 14.9. The number of aromatic nitrogens is 4. The van der Waals surface area contributed by atoms with E-state index in [1.807, 2.05) is 0 Å². The number of hydrogen-bond donors (Lipinski definition) is 1. The van der Waals surface area contributed by atoms with Crippen LogP contribution in [0.1, 0.15) is 37.5 Å². The molecule has 0 saturated carbocycles. The smallest absolute Gasteiger partial charge is 0.266 e. The largest absolute Gasteiger partial charge is 0.371 e. The molecule has 12 heteroatoms. The monoisotopic (exact) mass is 493 g/mol. The predicted molar refractivity (Wildman–Crippen MR) is 119 cm³/mol. The van der Waals surface area contributed by atoms with Crippen LogP contribution < -0.4 is 5.32 Å². The van der Waals surface area contributed by atoms with Crippen molar-refractivity contribution in [1.29, 1.82) is 0 Å². The summed E-state index contributed by atoms with van der Waals surface area (Å²) in [5.41, 5.74) is -2.50. The van der Waals surface area contributed by atoms with E-state index in [1.54, 1.807) is 20.8 Å². The van der Waals surface area contributed by atoms with E-state index in [1.165, 1.54) is 16.7 Å². The maximum Gasteiger partial charge on any atom is 0.266 e. The molecule has 2 aromatic heterocycles. The van der Waals surface area contributed by atoms with Gasteiger partial charge >= 0.3 is 0 Å². The molecule has 0 amide bonds. The van der Waals surface area contributed by atoms with E-state index in [-0.39, 0.29) is 27.8 Å². The van der Waals surface area contributed by atoms with Crippen molar-refractivity contribution in [1.82, 2.24) is 18.7 Å². The first-order valence-electron chi connectivity index (χ1n) is 10.2. The molecule has 0 bridgehead atoms. The molecule has 4 aromatic rings. The summed E-state index contributed by atoms with van der Waals surface area (Å²) < 4.78 is 86.4. The van der Waals surface area contributed by atoms with Crippen molar-refractivity contribution in [3.63, 3.8) is 0 Å². The third kappa shape index (κ3) is 3.04. The lowest BCUT2D eigenvalue weighted by Gasteiger charge is -2.35. The first-order valence-corrected chi connectivity index (χ1v) is 12.0. The summed E-state index contributed by atoms with van der Waals surface area (Å²) in [4.78, 5) is 0. The summed E-state index contributed by atoms with van der Waals surface area (Å²) in [5.74, 6) is -1.23. The van der Waals surface area contributed by atoms with Gasteiger partial charge in [-0.05, 0) is 32.9 Å². The third-order valence-corrected chi connectivity index (χ3v) is 6.94. The Labute approximate surface area is 192 Å². The van der Waals surface area contributed by atoms with Crippen LogP contribution in [0, 0.1) is 18.6 Å². The van der Waals surface area contributed by atoms with Gasteiger partial charge in [0.15, 0.2) is 5.82 Å². The fourth-order valence-electron chi connectivity index (χ4n) is 4.58. The standard InChI is InChI=1S/C22H19F4N5O2S/c1-10-28-29-21-22(2,3)27-15-8-14(24)16(17(20(25)26)19(15)31(10)21)12-9-30(34(4,32)33)18-11(12)6-5-7-13(18)23/h5-9,20,27H,1-4H3. The van der Waals surface area contributed by atoms with E-state index >= 15 is 4.39 Å². The minimum atomic E-state index is -4.04. The van der Waals surface area contributed by atoms with Gasteiger partial charge in [0.2, 0.25) is 10.0 Å². The van der Waals surface area contributed by atoms with E-state index in [2.05, 4.69) is 15.5 Å². The van der Waals surface area contributed by atoms with Crippen LogP contribution in [-0.2, 0) is 15.6 Å². The van der Waals surface area contributed by atoms with Gasteiger partial charge in [0, 0.05) is 22.7 Å². The summed E-state index contributed by atoms with van der Waals surface area (Å²) in [6.07, 6.45) is -1.35. The second-order valence-electron chi connectivity index (χ2n) is 8.74. The minimum absolute atomic E-state index is 0.0176. The van der Waals surface area contributed by atoms with Crippen molar-refractivity contribution in [3.8, 4) is 16.8 Å². The lowest BCUT2D eigenvalue weighted by Crippen LogP contribution is -2.36. The van der Waals surface area contributed by atoms with E-state index in [0.717, 1.165) is 24.6 Å². The molecule has 3 heterocycles. The van der Waals surface area contributed by atoms with Gasteiger partial charge < -0.3 is 5.32 Å². The first kappa shape index (κ1) is 22.4. The predicted octanol–water partition coefficient (Wildman–Crippen LogP) is 4.88. The molecule has 0 aliphatic carbocycles. The Morgan fingerprint density at radius 2 is 1.82 bits per heavy atom. The van der Waals surface area contributed by atoms with Crippen LogP contribution in [-0.4, -0.2) is 33.4 Å². The molecule has 0 atom stereocenters. The van der Waals surface area contributed by atoms with Crippen LogP contribution in [0.15, 0.2) is 30.5 Å². The number of halogens is 4. The van der Waals surface area contributed by atoms with Crippen LogP contribution >= 0.6 is 0 Å². The summed E-state index contributed by atoms with van der Waals surface area (Å²) in [7, 11) is -4.04. The van der Waals surface area contributed by atoms with E-state index in [9.17, 15) is 21.6 Å². The Hall–Kier alpha value is -3.41. The molecule has 0 unspecified atom stereocenters. The van der Waals surface area contributed by atoms with Gasteiger partial charge in [-0.15, -0.1) is 10.2 Å². The van der Waals surface area contributed by atoms with Gasteiger partial charge in [-0.2, -0.15) is 0 Å². The number of hydrogen-bond acceptors (Lipinski definition) is 5. The second kappa shape index (κ2) is 7.05. The van der Waals surface area contributed by atoms with Crippen molar-refractivity contribution in [2.75, 3.05) is 11.6 Å². The Morgan fingerprint density at radius 1 is 1.12 bits per heavy atom. The highest BCUT2D eigenvalue weighted by Gasteiger charge is 2.39. The molecule has 1 aliphatic rings. The molecule has 34 heavy (non-hydrogen) atoms. The van der Waals surface area contributed by atoms with Crippen molar-refractivity contribution < 1.29 is 26.0 Å². The van der Waals surface area contributed by atoms with Crippen LogP contribution in [0.4, 0.5) is 23.2 Å². The Balaban J connectivity index is 1.95. The zero-order valence-electron chi connectivity index (χ0n) is 18.5. The van der Waals surface area contributed by atoms with Crippen LogP contribution in [0.25, 0.3) is 27.7 Å². The number of aryl methyl sites for hydroxylation is 1. The highest BCUT2D eigenvalue weighted by atomic mass is 32.2. The number of rotatable bonds is 3. The molecule has 0 saturated heterocycles. The molecule has 0 radical (unpaired) electrons. The van der Waals surface area contributed by atoms with E-state index < -0.39 is 44.7 Å². The molecular formula is C22H19F4N5O2S. The minimum Gasteiger partial charge on any atom is -0.371 e. The van der Waals surface area contributed by atoms with Crippen molar-refractivity contribution in [2.24, 2.45) is 0 Å². The van der Waals surface area contributed by atoms with Crippen molar-refractivity contribution >= 4 is 26.6 Å². The van der Waals surface area contributed by atoms with Crippen molar-refractivity contribution in [2.45, 2.75) is 32.7 Å². The Bertz CT molecular complexity index is 1610. The number of alkyl halides is 2. The van der Waals surface area contributed by atoms with Crippen LogP contribution in [0.5, 0.6) is 0 Å². The summed E-state index contributed by atoms with van der Waals surface area (Å²) in [6, 6.07) is 4.78. The molecular weight excluding hydrogens is 474 g/mol. The van der Waals surface area contributed by atoms with Gasteiger partial charge in [-0.25, -0.2) is 30.0 Å². The number of fused-ring (bicyclic) bond motifs is 4. The van der Waals surface area contributed by atoms with Gasteiger partial charge in [0.1, 0.15) is 17.5 Å². The topological polar surface area (TPSA) is 81.8 Å². The fraction of sp³-hybridized carbons (Fsp3) is 0.273. The quantitative estimate of drug-likeness (QED) is 0.412.